The van der Waals surface area contributed by atoms with E-state index in [1.54, 1.807) is 37.3 Å². The summed E-state index contributed by atoms with van der Waals surface area (Å²) in [6.45, 7) is 4.02. The number of nitrogens with one attached hydrogen (secondary N) is 1. The Morgan fingerprint density at radius 2 is 1.68 bits per heavy atom. The van der Waals surface area contributed by atoms with E-state index >= 15 is 0 Å². The first kappa shape index (κ1) is 24.0. The van der Waals surface area contributed by atoms with Gasteiger partial charge < -0.3 is 14.8 Å². The summed E-state index contributed by atoms with van der Waals surface area (Å²) in [5, 5.41) is 14.1. The second-order valence-electron chi connectivity index (χ2n) is 8.76. The number of hydrogen-bond acceptors (Lipinski definition) is 7. The Morgan fingerprint density at radius 1 is 1.00 bits per heavy atom. The van der Waals surface area contributed by atoms with Gasteiger partial charge in [0.2, 0.25) is 0 Å². The van der Waals surface area contributed by atoms with Gasteiger partial charge in [-0.05, 0) is 49.2 Å². The molecule has 3 aromatic carbocycles. The number of benzene rings is 3. The van der Waals surface area contributed by atoms with E-state index in [1.165, 1.54) is 12.1 Å². The van der Waals surface area contributed by atoms with Gasteiger partial charge in [-0.1, -0.05) is 36.4 Å². The Kier molecular flexibility index (Phi) is 6.31. The maximum Gasteiger partial charge on any atom is 0.336 e. The molecule has 0 bridgehead atoms. The van der Waals surface area contributed by atoms with E-state index in [1.807, 2.05) is 37.3 Å². The number of fused-ring (bicyclic) bond motifs is 2. The Balaban J connectivity index is 1.45. The topological polar surface area (TPSA) is 108 Å². The molecule has 8 heteroatoms. The van der Waals surface area contributed by atoms with Crippen molar-refractivity contribution in [3.63, 3.8) is 0 Å². The van der Waals surface area contributed by atoms with Gasteiger partial charge in [0.1, 0.15) is 12.4 Å². The van der Waals surface area contributed by atoms with Gasteiger partial charge in [0.15, 0.2) is 5.78 Å². The molecule has 0 unspecified atom stereocenters. The van der Waals surface area contributed by atoms with Crippen LogP contribution in [0.3, 0.4) is 0 Å². The van der Waals surface area contributed by atoms with Crippen LogP contribution < -0.4 is 10.1 Å². The summed E-state index contributed by atoms with van der Waals surface area (Å²) in [6.07, 6.45) is 0. The van der Waals surface area contributed by atoms with E-state index in [0.717, 1.165) is 22.4 Å². The summed E-state index contributed by atoms with van der Waals surface area (Å²) >= 11 is 0. The highest BCUT2D eigenvalue weighted by atomic mass is 16.6. The van der Waals surface area contributed by atoms with Gasteiger partial charge in [0, 0.05) is 40.4 Å². The second-order valence-corrected chi connectivity index (χ2v) is 8.76. The lowest BCUT2D eigenvalue weighted by molar-refractivity contribution is -0.384. The lowest BCUT2D eigenvalue weighted by Gasteiger charge is -2.29. The molecule has 0 fully saturated rings. The number of nitrogens with zero attached hydrogens (tertiary/aromatic N) is 1. The van der Waals surface area contributed by atoms with E-state index < -0.39 is 16.8 Å². The SMILES string of the molecule is CCOC(=O)C1=C(C)NC2=C(C(=O)c3ccccc32)[C@H]1c1ccc(OCc2ccc([N+](=O)[O-])cc2)cc1. The Labute approximate surface area is 213 Å². The number of nitro groups is 1. The second kappa shape index (κ2) is 9.73. The van der Waals surface area contributed by atoms with Gasteiger partial charge in [-0.15, -0.1) is 0 Å². The fraction of sp³-hybridized carbons (Fsp3) is 0.172. The molecule has 1 aliphatic carbocycles. The molecule has 1 N–H and O–H groups in total. The third-order valence-electron chi connectivity index (χ3n) is 6.51. The first-order valence-electron chi connectivity index (χ1n) is 11.9. The molecular weight excluding hydrogens is 472 g/mol. The van der Waals surface area contributed by atoms with Crippen molar-refractivity contribution >= 4 is 23.1 Å². The first-order valence-corrected chi connectivity index (χ1v) is 11.9. The summed E-state index contributed by atoms with van der Waals surface area (Å²) in [5.41, 5.74) is 5.29. The number of ketones is 1. The predicted octanol–water partition coefficient (Wildman–Crippen LogP) is 5.31. The molecule has 0 saturated carbocycles. The van der Waals surface area contributed by atoms with Crippen molar-refractivity contribution in [3.8, 4) is 5.75 Å². The van der Waals surface area contributed by atoms with Crippen LogP contribution in [0, 0.1) is 10.1 Å². The third kappa shape index (κ3) is 4.38. The van der Waals surface area contributed by atoms with Gasteiger partial charge in [0.25, 0.3) is 5.69 Å². The van der Waals surface area contributed by atoms with Crippen LogP contribution in [0.1, 0.15) is 46.8 Å². The van der Waals surface area contributed by atoms with Crippen LogP contribution in [-0.2, 0) is 16.1 Å². The third-order valence-corrected chi connectivity index (χ3v) is 6.51. The molecule has 0 aromatic heterocycles. The molecule has 1 atom stereocenters. The zero-order valence-corrected chi connectivity index (χ0v) is 20.3. The molecule has 5 rings (SSSR count). The van der Waals surface area contributed by atoms with Crippen LogP contribution in [0.25, 0.3) is 5.70 Å². The smallest absolute Gasteiger partial charge is 0.336 e. The molecular formula is C29H24N2O6. The summed E-state index contributed by atoms with van der Waals surface area (Å²) in [7, 11) is 0. The Morgan fingerprint density at radius 3 is 2.32 bits per heavy atom. The van der Waals surface area contributed by atoms with Crippen molar-refractivity contribution in [2.45, 2.75) is 26.4 Å². The zero-order valence-electron chi connectivity index (χ0n) is 20.3. The Hall–Kier alpha value is -4.72. The van der Waals surface area contributed by atoms with Crippen LogP contribution in [-0.4, -0.2) is 23.3 Å². The highest BCUT2D eigenvalue weighted by Crippen LogP contribution is 2.46. The van der Waals surface area contributed by atoms with Crippen LogP contribution in [0.4, 0.5) is 5.69 Å². The quantitative estimate of drug-likeness (QED) is 0.268. The molecule has 2 aliphatic rings. The molecule has 0 radical (unpaired) electrons. The highest BCUT2D eigenvalue weighted by molar-refractivity contribution is 6.23. The molecule has 3 aromatic rings. The van der Waals surface area contributed by atoms with Gasteiger partial charge in [-0.3, -0.25) is 14.9 Å². The minimum atomic E-state index is -0.598. The standard InChI is InChI=1S/C29H24N2O6/c1-3-36-29(33)24-17(2)30-27-22-6-4-5-7-23(22)28(32)26(27)25(24)19-10-14-21(15-11-19)37-16-18-8-12-20(13-9-18)31(34)35/h4-15,25,30H,3,16H2,1-2H3/t25-/m0/s1. The lowest BCUT2D eigenvalue weighted by Crippen LogP contribution is -2.29. The zero-order chi connectivity index (χ0) is 26.1. The fourth-order valence-electron chi connectivity index (χ4n) is 4.78. The van der Waals surface area contributed by atoms with Crippen molar-refractivity contribution in [3.05, 3.63) is 122 Å². The van der Waals surface area contributed by atoms with Gasteiger partial charge in [0.05, 0.1) is 22.8 Å². The summed E-state index contributed by atoms with van der Waals surface area (Å²) in [4.78, 5) is 36.9. The summed E-state index contributed by atoms with van der Waals surface area (Å²) in [5.74, 6) is -0.592. The molecule has 0 amide bonds. The number of hydrogen-bond donors (Lipinski definition) is 1. The molecule has 186 valence electrons. The van der Waals surface area contributed by atoms with Crippen molar-refractivity contribution in [1.29, 1.82) is 0 Å². The van der Waals surface area contributed by atoms with E-state index in [4.69, 9.17) is 9.47 Å². The molecule has 37 heavy (non-hydrogen) atoms. The fourth-order valence-corrected chi connectivity index (χ4v) is 4.78. The number of dihydropyridines is 1. The number of Topliss-reactive ketones (excluding diaryl/α,β-unsaturated/α-hetero) is 1. The van der Waals surface area contributed by atoms with E-state index in [2.05, 4.69) is 5.32 Å². The minimum Gasteiger partial charge on any atom is -0.489 e. The number of ether oxygens (including phenoxy) is 2. The number of nitro benzene ring substituents is 1. The van der Waals surface area contributed by atoms with Gasteiger partial charge in [-0.2, -0.15) is 0 Å². The molecule has 0 spiro atoms. The number of carbonyl (C=O) groups is 2. The van der Waals surface area contributed by atoms with Crippen LogP contribution in [0.5, 0.6) is 5.75 Å². The summed E-state index contributed by atoms with van der Waals surface area (Å²) < 4.78 is 11.2. The van der Waals surface area contributed by atoms with E-state index in [-0.39, 0.29) is 24.7 Å². The van der Waals surface area contributed by atoms with Crippen LogP contribution in [0.15, 0.2) is 89.6 Å². The lowest BCUT2D eigenvalue weighted by atomic mass is 9.80. The number of non-ortho nitro benzene ring substituents is 1. The molecule has 1 aliphatic heterocycles. The van der Waals surface area contributed by atoms with Gasteiger partial charge >= 0.3 is 5.97 Å². The van der Waals surface area contributed by atoms with Crippen molar-refractivity contribution in [2.24, 2.45) is 0 Å². The van der Waals surface area contributed by atoms with Crippen LogP contribution >= 0.6 is 0 Å². The normalized spacial score (nSPS) is 16.2. The number of carbonyl (C=O) groups excluding carboxylic acids is 2. The van der Waals surface area contributed by atoms with Crippen molar-refractivity contribution < 1.29 is 24.0 Å². The summed E-state index contributed by atoms with van der Waals surface area (Å²) in [6, 6.07) is 20.8. The highest BCUT2D eigenvalue weighted by Gasteiger charge is 2.42. The maximum absolute atomic E-state index is 13.5. The van der Waals surface area contributed by atoms with Crippen molar-refractivity contribution in [1.82, 2.24) is 5.32 Å². The largest absolute Gasteiger partial charge is 0.489 e. The van der Waals surface area contributed by atoms with Crippen LogP contribution in [0.2, 0.25) is 0 Å². The van der Waals surface area contributed by atoms with Gasteiger partial charge in [-0.25, -0.2) is 4.79 Å². The average Bonchev–Trinajstić information content (AvgIpc) is 3.18. The molecule has 0 saturated heterocycles. The van der Waals surface area contributed by atoms with E-state index in [0.29, 0.717) is 28.2 Å². The predicted molar refractivity (Wildman–Crippen MR) is 137 cm³/mol. The Bertz CT molecular complexity index is 1470. The molecule has 8 nitrogen and oxygen atoms in total. The average molecular weight is 497 g/mol. The maximum atomic E-state index is 13.5. The number of rotatable bonds is 7. The number of esters is 1. The van der Waals surface area contributed by atoms with Crippen molar-refractivity contribution in [2.75, 3.05) is 6.61 Å². The van der Waals surface area contributed by atoms with E-state index in [9.17, 15) is 19.7 Å². The monoisotopic (exact) mass is 496 g/mol. The number of allylic oxidation sites excluding steroid dienone is 2. The molecule has 1 heterocycles. The minimum absolute atomic E-state index is 0.0214. The first-order chi connectivity index (χ1) is 17.9.